The fourth-order valence-corrected chi connectivity index (χ4v) is 6.36. The van der Waals surface area contributed by atoms with Crippen molar-refractivity contribution in [2.24, 2.45) is 0 Å². The van der Waals surface area contributed by atoms with E-state index in [2.05, 4.69) is 171 Å². The number of rotatable bonds is 3. The fourth-order valence-electron chi connectivity index (χ4n) is 6.36. The molecule has 244 valence electrons. The summed E-state index contributed by atoms with van der Waals surface area (Å²) in [4.78, 5) is 0. The molecule has 0 nitrogen and oxygen atoms in total. The Morgan fingerprint density at radius 2 is 1.15 bits per heavy atom. The molecule has 48 heavy (non-hydrogen) atoms. The summed E-state index contributed by atoms with van der Waals surface area (Å²) in [6, 6.07) is 40.1. The van der Waals surface area contributed by atoms with Crippen LogP contribution in [-0.4, -0.2) is 9.52 Å². The van der Waals surface area contributed by atoms with Gasteiger partial charge in [0.25, 0.3) is 0 Å². The molecule has 0 bridgehead atoms. The van der Waals surface area contributed by atoms with Gasteiger partial charge in [-0.05, 0) is 65.3 Å². The van der Waals surface area contributed by atoms with Gasteiger partial charge >= 0.3 is 37.9 Å². The van der Waals surface area contributed by atoms with Gasteiger partial charge in [0.15, 0.2) is 0 Å². The predicted octanol–water partition coefficient (Wildman–Crippen LogP) is 14.4. The summed E-state index contributed by atoms with van der Waals surface area (Å²) in [6.07, 6.45) is 0. The van der Waals surface area contributed by atoms with Crippen LogP contribution < -0.4 is 0 Å². The average molecular weight is 765 g/mol. The van der Waals surface area contributed by atoms with E-state index in [4.69, 9.17) is 17.0 Å². The molecule has 0 saturated heterocycles. The number of hydrogen-bond donors (Lipinski definition) is 0. The molecule has 0 spiro atoms. The van der Waals surface area contributed by atoms with Gasteiger partial charge < -0.3 is 0 Å². The second-order valence-corrected chi connectivity index (χ2v) is 17.6. The first-order valence-electron chi connectivity index (χ1n) is 16.5. The van der Waals surface area contributed by atoms with Crippen LogP contribution in [0.4, 0.5) is 0 Å². The monoisotopic (exact) mass is 762 g/mol. The second kappa shape index (κ2) is 17.8. The van der Waals surface area contributed by atoms with E-state index < -0.39 is 20.8 Å². The second-order valence-electron chi connectivity index (χ2n) is 12.8. The molecule has 0 aliphatic carbocycles. The Morgan fingerprint density at radius 3 is 1.83 bits per heavy atom. The maximum absolute atomic E-state index is 4.93. The van der Waals surface area contributed by atoms with Crippen molar-refractivity contribution in [3.8, 4) is 22.3 Å². The molecule has 0 aliphatic rings. The summed E-state index contributed by atoms with van der Waals surface area (Å²) >= 11 is -0.826. The van der Waals surface area contributed by atoms with Crippen molar-refractivity contribution in [3.05, 3.63) is 143 Å². The first kappa shape index (κ1) is 38.1. The van der Waals surface area contributed by atoms with Crippen LogP contribution in [0.2, 0.25) is 13.1 Å². The van der Waals surface area contributed by atoms with Crippen molar-refractivity contribution in [1.82, 2.24) is 0 Å². The van der Waals surface area contributed by atoms with Crippen LogP contribution >= 0.6 is 17.0 Å². The maximum atomic E-state index is 4.93. The molecule has 0 amide bonds. The molecule has 4 heteroatoms. The van der Waals surface area contributed by atoms with Gasteiger partial charge in [-0.1, -0.05) is 119 Å². The molecule has 0 atom stereocenters. The van der Waals surface area contributed by atoms with Crippen LogP contribution in [0, 0.1) is 34.6 Å². The predicted molar refractivity (Wildman–Crippen MR) is 214 cm³/mol. The zero-order chi connectivity index (χ0) is 35.0. The van der Waals surface area contributed by atoms with Crippen molar-refractivity contribution in [2.75, 3.05) is 0 Å². The molecule has 2 radical (unpaired) electrons. The molecule has 0 saturated carbocycles. The molecule has 0 heterocycles. The molecule has 0 aliphatic heterocycles. The molecule has 0 N–H and O–H groups in total. The van der Waals surface area contributed by atoms with E-state index in [0.717, 1.165) is 9.52 Å². The first-order valence-corrected chi connectivity index (χ1v) is 24.8. The van der Waals surface area contributed by atoms with Crippen LogP contribution in [0.25, 0.3) is 54.6 Å². The summed E-state index contributed by atoms with van der Waals surface area (Å²) < 4.78 is 0. The van der Waals surface area contributed by atoms with Crippen LogP contribution in [0.3, 0.4) is 0 Å². The summed E-state index contributed by atoms with van der Waals surface area (Å²) in [5.74, 6) is 0.563. The van der Waals surface area contributed by atoms with Crippen LogP contribution in [0.15, 0.2) is 109 Å². The Bertz CT molecular complexity index is 2110. The van der Waals surface area contributed by atoms with Gasteiger partial charge in [0, 0.05) is 9.52 Å². The Labute approximate surface area is 309 Å². The first-order chi connectivity index (χ1) is 23.1. The van der Waals surface area contributed by atoms with Gasteiger partial charge in [-0.3, -0.25) is 0 Å². The standard InChI is InChI=1S/C22H19.C20H21.C2H6Si.2ClH.Zr/c1-15(2)18-13-17-9-6-12-21(22(17)14-18)20-11-5-8-16-7-3-4-10-19(16)20;1-12-10-19-14(3)7-9-18(20(19)11-12)17-8-6-13(2)15(4)16(17)5;1-3-2;;;/h3-15H,1-2H3;6-11H,1-5H3;1-2H3;2*1H;/q2*-1;;;;+4/p-2. The van der Waals surface area contributed by atoms with Crippen LogP contribution in [0.5, 0.6) is 0 Å². The zero-order valence-electron chi connectivity index (χ0n) is 29.7. The molecule has 7 aromatic rings. The van der Waals surface area contributed by atoms with Gasteiger partial charge in [-0.2, -0.15) is 12.1 Å². The normalized spacial score (nSPS) is 10.6. The van der Waals surface area contributed by atoms with E-state index in [1.165, 1.54) is 88.0 Å². The van der Waals surface area contributed by atoms with Gasteiger partial charge in [0.1, 0.15) is 0 Å². The minimum atomic E-state index is -0.826. The van der Waals surface area contributed by atoms with E-state index >= 15 is 0 Å². The Kier molecular flexibility index (Phi) is 14.1. The van der Waals surface area contributed by atoms with Crippen molar-refractivity contribution in [2.45, 2.75) is 67.5 Å². The van der Waals surface area contributed by atoms with E-state index in [0.29, 0.717) is 5.92 Å². The van der Waals surface area contributed by atoms with Crippen molar-refractivity contribution < 1.29 is 20.8 Å². The number of fused-ring (bicyclic) bond motifs is 3. The minimum absolute atomic E-state index is 0.563. The molecular weight excluding hydrogens is 719 g/mol. The number of benzene rings is 5. The van der Waals surface area contributed by atoms with Gasteiger partial charge in [-0.25, -0.2) is 0 Å². The summed E-state index contributed by atoms with van der Waals surface area (Å²) in [5, 5.41) is 8.10. The molecular formula is C44H46Cl2SiZr. The summed E-state index contributed by atoms with van der Waals surface area (Å²) in [5.41, 5.74) is 13.7. The Morgan fingerprint density at radius 1 is 0.583 bits per heavy atom. The molecule has 0 unspecified atom stereocenters. The van der Waals surface area contributed by atoms with Gasteiger partial charge in [0.2, 0.25) is 0 Å². The van der Waals surface area contributed by atoms with Crippen LogP contribution in [0.1, 0.15) is 53.1 Å². The number of aryl methyl sites for hydroxylation is 3. The van der Waals surface area contributed by atoms with Gasteiger partial charge in [-0.15, -0.1) is 68.6 Å². The molecule has 7 aromatic carbocycles. The van der Waals surface area contributed by atoms with E-state index in [-0.39, 0.29) is 0 Å². The van der Waals surface area contributed by atoms with E-state index in [1.807, 2.05) is 0 Å². The quantitative estimate of drug-likeness (QED) is 0.124. The van der Waals surface area contributed by atoms with E-state index in [1.54, 1.807) is 0 Å². The third kappa shape index (κ3) is 8.70. The van der Waals surface area contributed by atoms with Crippen molar-refractivity contribution >= 4 is 58.9 Å². The molecule has 7 rings (SSSR count). The fraction of sp³-hybridized carbons (Fsp3) is 0.227. The Balaban J connectivity index is 0.000000187. The number of hydrogen-bond acceptors (Lipinski definition) is 0. The summed E-state index contributed by atoms with van der Waals surface area (Å²) in [7, 11) is 11.0. The molecule has 0 fully saturated rings. The third-order valence-corrected chi connectivity index (χ3v) is 9.12. The Hall–Kier alpha value is -2.74. The third-order valence-electron chi connectivity index (χ3n) is 9.12. The molecule has 0 aromatic heterocycles. The topological polar surface area (TPSA) is 0 Å². The zero-order valence-corrected chi connectivity index (χ0v) is 34.7. The van der Waals surface area contributed by atoms with Crippen LogP contribution in [-0.2, 0) is 20.8 Å². The van der Waals surface area contributed by atoms with Crippen molar-refractivity contribution in [3.63, 3.8) is 0 Å². The van der Waals surface area contributed by atoms with Crippen molar-refractivity contribution in [1.29, 1.82) is 0 Å². The number of halogens is 2. The SMILES string of the molecule is CC(C)c1cc2c(-c3cccc4ccccc34)cccc2[cH-]1.C[Si]C.Cc1cc2c(-c3ccc(C)c(C)c3C)ccc(C)c2[cH-]1.[Cl][Zr+2][Cl]. The average Bonchev–Trinajstić information content (AvgIpc) is 3.70. The summed E-state index contributed by atoms with van der Waals surface area (Å²) in [6.45, 7) is 19.8. The van der Waals surface area contributed by atoms with Gasteiger partial charge in [0.05, 0.1) is 0 Å². The van der Waals surface area contributed by atoms with E-state index in [9.17, 15) is 0 Å².